The quantitative estimate of drug-likeness (QED) is 0.779. The number of ether oxygens (including phenoxy) is 3. The fourth-order valence-electron chi connectivity index (χ4n) is 1.06. The van der Waals surface area contributed by atoms with E-state index in [0.29, 0.717) is 6.07 Å². The van der Waals surface area contributed by atoms with Crippen LogP contribution < -0.4 is 14.2 Å². The second-order valence-corrected chi connectivity index (χ2v) is 3.14. The molecular formula is C9H2F9O3. The van der Waals surface area contributed by atoms with Gasteiger partial charge in [0.25, 0.3) is 0 Å². The molecule has 0 unspecified atom stereocenters. The number of halogens is 9. The fraction of sp³-hybridized carbons (Fsp3) is 0.333. The molecule has 0 aliphatic heterocycles. The summed E-state index contributed by atoms with van der Waals surface area (Å²) in [5, 5.41) is 0. The Kier molecular flexibility index (Phi) is 4.39. The first kappa shape index (κ1) is 17.0. The Hall–Kier alpha value is -2.01. The lowest BCUT2D eigenvalue weighted by Crippen LogP contribution is -2.23. The zero-order chi connectivity index (χ0) is 16.5. The minimum absolute atomic E-state index is 0.276. The van der Waals surface area contributed by atoms with Gasteiger partial charge in [0, 0.05) is 6.07 Å². The first-order valence-corrected chi connectivity index (χ1v) is 4.59. The molecule has 0 saturated heterocycles. The predicted molar refractivity (Wildman–Crippen MR) is 45.3 cm³/mol. The van der Waals surface area contributed by atoms with E-state index < -0.39 is 36.3 Å². The van der Waals surface area contributed by atoms with Crippen LogP contribution in [0.4, 0.5) is 39.5 Å². The number of hydrogen-bond acceptors (Lipinski definition) is 3. The molecule has 3 nitrogen and oxygen atoms in total. The highest BCUT2D eigenvalue weighted by Crippen LogP contribution is 2.43. The second kappa shape index (κ2) is 5.41. The van der Waals surface area contributed by atoms with Gasteiger partial charge < -0.3 is 14.2 Å². The summed E-state index contributed by atoms with van der Waals surface area (Å²) in [5.41, 5.74) is 0. The number of alkyl halides is 9. The molecular weight excluding hydrogens is 327 g/mol. The molecule has 0 spiro atoms. The standard InChI is InChI=1S/C9H2F9O3/c10-7(11,12)19-4-2-1-3-5(20-8(13,14)15)6(4)21-9(16,17)18/h1-2H. The summed E-state index contributed by atoms with van der Waals surface area (Å²) in [6, 6.07) is 2.24. The summed E-state index contributed by atoms with van der Waals surface area (Å²) in [4.78, 5) is 0. The first-order valence-electron chi connectivity index (χ1n) is 4.59. The fourth-order valence-corrected chi connectivity index (χ4v) is 1.06. The topological polar surface area (TPSA) is 27.7 Å². The van der Waals surface area contributed by atoms with Crippen LogP contribution in [0.3, 0.4) is 0 Å². The molecule has 1 rings (SSSR count). The van der Waals surface area contributed by atoms with Crippen molar-refractivity contribution in [2.24, 2.45) is 0 Å². The Bertz CT molecular complexity index is 454. The van der Waals surface area contributed by atoms with Crippen molar-refractivity contribution in [3.63, 3.8) is 0 Å². The molecule has 1 aromatic rings. The maximum absolute atomic E-state index is 12.1. The van der Waals surface area contributed by atoms with Crippen LogP contribution in [0.1, 0.15) is 0 Å². The van der Waals surface area contributed by atoms with Gasteiger partial charge in [-0.2, -0.15) is 0 Å². The van der Waals surface area contributed by atoms with Gasteiger partial charge in [0.15, 0.2) is 11.5 Å². The van der Waals surface area contributed by atoms with Crippen molar-refractivity contribution in [3.05, 3.63) is 18.2 Å². The third kappa shape index (κ3) is 6.31. The van der Waals surface area contributed by atoms with Crippen LogP contribution in [-0.2, 0) is 0 Å². The normalized spacial score (nSPS) is 13.0. The molecule has 0 aromatic heterocycles. The molecule has 0 saturated carbocycles. The average molecular weight is 329 g/mol. The number of hydrogen-bond donors (Lipinski definition) is 0. The van der Waals surface area contributed by atoms with Gasteiger partial charge in [0.05, 0.1) is 0 Å². The van der Waals surface area contributed by atoms with Gasteiger partial charge in [-0.05, 0) is 12.1 Å². The summed E-state index contributed by atoms with van der Waals surface area (Å²) < 4.78 is 117. The highest BCUT2D eigenvalue weighted by atomic mass is 19.4. The van der Waals surface area contributed by atoms with Crippen LogP contribution in [0.15, 0.2) is 12.1 Å². The largest absolute Gasteiger partial charge is 0.573 e. The zero-order valence-electron chi connectivity index (χ0n) is 9.28. The minimum atomic E-state index is -5.58. The summed E-state index contributed by atoms with van der Waals surface area (Å²) >= 11 is 0. The van der Waals surface area contributed by atoms with Crippen LogP contribution in [-0.4, -0.2) is 19.1 Å². The monoisotopic (exact) mass is 329 g/mol. The Morgan fingerprint density at radius 1 is 0.714 bits per heavy atom. The maximum Gasteiger partial charge on any atom is 0.573 e. The SMILES string of the molecule is FC(F)(F)Oc1[c]ccc(OC(F)(F)F)c1OC(F)(F)F. The highest BCUT2D eigenvalue weighted by molar-refractivity contribution is 5.50. The van der Waals surface area contributed by atoms with Gasteiger partial charge in [-0.15, -0.1) is 39.5 Å². The zero-order valence-corrected chi connectivity index (χ0v) is 9.28. The average Bonchev–Trinajstić information content (AvgIpc) is 2.16. The molecule has 0 fully saturated rings. The van der Waals surface area contributed by atoms with Crippen LogP contribution in [0.25, 0.3) is 0 Å². The van der Waals surface area contributed by atoms with E-state index in [9.17, 15) is 39.5 Å². The van der Waals surface area contributed by atoms with E-state index >= 15 is 0 Å². The van der Waals surface area contributed by atoms with Gasteiger partial charge in [-0.25, -0.2) is 0 Å². The van der Waals surface area contributed by atoms with E-state index in [0.717, 1.165) is 0 Å². The van der Waals surface area contributed by atoms with Gasteiger partial charge in [-0.3, -0.25) is 0 Å². The smallest absolute Gasteiger partial charge is 0.402 e. The molecule has 0 aliphatic carbocycles. The first-order chi connectivity index (χ1) is 9.27. The number of rotatable bonds is 3. The van der Waals surface area contributed by atoms with Crippen LogP contribution >= 0.6 is 0 Å². The Balaban J connectivity index is 3.27. The maximum atomic E-state index is 12.1. The van der Waals surface area contributed by atoms with E-state index in [4.69, 9.17) is 0 Å². The van der Waals surface area contributed by atoms with Gasteiger partial charge in [-0.1, -0.05) is 0 Å². The molecule has 0 atom stereocenters. The molecule has 21 heavy (non-hydrogen) atoms. The number of benzene rings is 1. The van der Waals surface area contributed by atoms with Crippen molar-refractivity contribution >= 4 is 0 Å². The van der Waals surface area contributed by atoms with E-state index in [-0.39, 0.29) is 6.07 Å². The van der Waals surface area contributed by atoms with Crippen molar-refractivity contribution in [1.82, 2.24) is 0 Å². The molecule has 0 amide bonds. The highest BCUT2D eigenvalue weighted by Gasteiger charge is 2.40. The Labute approximate surface area is 109 Å². The molecule has 0 bridgehead atoms. The molecule has 0 N–H and O–H groups in total. The molecule has 1 radical (unpaired) electrons. The molecule has 0 heterocycles. The van der Waals surface area contributed by atoms with Crippen molar-refractivity contribution in [2.75, 3.05) is 0 Å². The van der Waals surface area contributed by atoms with Crippen molar-refractivity contribution in [1.29, 1.82) is 0 Å². The van der Waals surface area contributed by atoms with Gasteiger partial charge in [0.2, 0.25) is 5.75 Å². The van der Waals surface area contributed by atoms with Crippen molar-refractivity contribution < 1.29 is 53.7 Å². The molecule has 0 aliphatic rings. The minimum Gasteiger partial charge on any atom is -0.402 e. The summed E-state index contributed by atoms with van der Waals surface area (Å²) in [6.45, 7) is 0. The summed E-state index contributed by atoms with van der Waals surface area (Å²) in [6.07, 6.45) is -16.5. The van der Waals surface area contributed by atoms with E-state index in [1.165, 1.54) is 6.07 Å². The van der Waals surface area contributed by atoms with Gasteiger partial charge >= 0.3 is 19.1 Å². The summed E-state index contributed by atoms with van der Waals surface area (Å²) in [7, 11) is 0. The van der Waals surface area contributed by atoms with E-state index in [2.05, 4.69) is 14.2 Å². The Morgan fingerprint density at radius 2 is 1.19 bits per heavy atom. The van der Waals surface area contributed by atoms with Crippen molar-refractivity contribution in [2.45, 2.75) is 19.1 Å². The van der Waals surface area contributed by atoms with Gasteiger partial charge in [0.1, 0.15) is 0 Å². The summed E-state index contributed by atoms with van der Waals surface area (Å²) in [5.74, 6) is -5.39. The van der Waals surface area contributed by atoms with Crippen molar-refractivity contribution in [3.8, 4) is 17.2 Å². The van der Waals surface area contributed by atoms with Crippen LogP contribution in [0.5, 0.6) is 17.2 Å². The lowest BCUT2D eigenvalue weighted by molar-refractivity contribution is -0.293. The lowest BCUT2D eigenvalue weighted by atomic mass is 10.3. The molecule has 1 aromatic carbocycles. The third-order valence-corrected chi connectivity index (χ3v) is 1.54. The van der Waals surface area contributed by atoms with E-state index in [1.54, 1.807) is 0 Å². The predicted octanol–water partition coefficient (Wildman–Crippen LogP) is 4.18. The second-order valence-electron chi connectivity index (χ2n) is 3.14. The third-order valence-electron chi connectivity index (χ3n) is 1.54. The molecule has 119 valence electrons. The Morgan fingerprint density at radius 3 is 1.62 bits per heavy atom. The lowest BCUT2D eigenvalue weighted by Gasteiger charge is -2.18. The van der Waals surface area contributed by atoms with Crippen LogP contribution in [0.2, 0.25) is 0 Å². The molecule has 12 heteroatoms. The van der Waals surface area contributed by atoms with E-state index in [1.807, 2.05) is 0 Å². The van der Waals surface area contributed by atoms with Crippen LogP contribution in [0, 0.1) is 6.07 Å².